The molecule has 0 radical (unpaired) electrons. The van der Waals surface area contributed by atoms with E-state index in [2.05, 4.69) is 21.2 Å². The summed E-state index contributed by atoms with van der Waals surface area (Å²) in [4.78, 5) is 12.6. The van der Waals surface area contributed by atoms with E-state index in [1.165, 1.54) is 22.5 Å². The Morgan fingerprint density at radius 1 is 1.15 bits per heavy atom. The smallest absolute Gasteiger partial charge is 0.252 e. The van der Waals surface area contributed by atoms with Crippen LogP contribution < -0.4 is 5.32 Å². The zero-order valence-corrected chi connectivity index (χ0v) is 17.0. The van der Waals surface area contributed by atoms with Gasteiger partial charge in [0.15, 0.2) is 0 Å². The van der Waals surface area contributed by atoms with Crippen LogP contribution in [-0.2, 0) is 10.0 Å². The topological polar surface area (TPSA) is 66.5 Å². The lowest BCUT2D eigenvalue weighted by Gasteiger charge is -2.31. The van der Waals surface area contributed by atoms with Crippen molar-refractivity contribution in [3.8, 4) is 0 Å². The maximum absolute atomic E-state index is 13.3. The number of hydrogen-bond donors (Lipinski definition) is 1. The predicted octanol–water partition coefficient (Wildman–Crippen LogP) is 3.42. The third kappa shape index (κ3) is 4.75. The molecule has 0 unspecified atom stereocenters. The Morgan fingerprint density at radius 3 is 2.48 bits per heavy atom. The maximum Gasteiger partial charge on any atom is 0.252 e. The molecule has 27 heavy (non-hydrogen) atoms. The summed E-state index contributed by atoms with van der Waals surface area (Å²) in [6, 6.07) is 12.4. The molecule has 1 heterocycles. The number of halogens is 2. The van der Waals surface area contributed by atoms with Gasteiger partial charge in [0.25, 0.3) is 5.91 Å². The first kappa shape index (κ1) is 20.0. The fraction of sp³-hybridized carbons (Fsp3) is 0.316. The number of piperidine rings is 1. The van der Waals surface area contributed by atoms with Crippen molar-refractivity contribution in [2.24, 2.45) is 5.92 Å². The van der Waals surface area contributed by atoms with Crippen LogP contribution in [-0.4, -0.2) is 38.3 Å². The van der Waals surface area contributed by atoms with Crippen LogP contribution in [0.5, 0.6) is 0 Å². The van der Waals surface area contributed by atoms with Crippen molar-refractivity contribution in [1.82, 2.24) is 9.62 Å². The number of nitrogens with one attached hydrogen (secondary N) is 1. The van der Waals surface area contributed by atoms with Gasteiger partial charge in [-0.15, -0.1) is 0 Å². The molecule has 2 aromatic rings. The van der Waals surface area contributed by atoms with Gasteiger partial charge in [0.2, 0.25) is 10.0 Å². The van der Waals surface area contributed by atoms with Crippen LogP contribution in [0.15, 0.2) is 57.9 Å². The molecule has 0 aliphatic carbocycles. The highest BCUT2D eigenvalue weighted by Gasteiger charge is 2.29. The molecule has 0 saturated carbocycles. The molecule has 1 saturated heterocycles. The quantitative estimate of drug-likeness (QED) is 0.752. The Balaban J connectivity index is 1.54. The number of amides is 1. The molecule has 3 rings (SSSR count). The Kier molecular flexibility index (Phi) is 6.29. The first-order valence-corrected chi connectivity index (χ1v) is 10.9. The summed E-state index contributed by atoms with van der Waals surface area (Å²) < 4.78 is 40.6. The average Bonchev–Trinajstić information content (AvgIpc) is 2.69. The van der Waals surface area contributed by atoms with Gasteiger partial charge in [-0.25, -0.2) is 12.8 Å². The van der Waals surface area contributed by atoms with E-state index >= 15 is 0 Å². The number of sulfonamides is 1. The molecule has 144 valence electrons. The van der Waals surface area contributed by atoms with Crippen LogP contribution in [0.1, 0.15) is 23.2 Å². The Labute approximate surface area is 166 Å². The lowest BCUT2D eigenvalue weighted by Crippen LogP contribution is -2.41. The average molecular weight is 455 g/mol. The van der Waals surface area contributed by atoms with Gasteiger partial charge in [0.05, 0.1) is 10.5 Å². The van der Waals surface area contributed by atoms with Crippen LogP contribution in [0.25, 0.3) is 0 Å². The first-order valence-electron chi connectivity index (χ1n) is 8.66. The van der Waals surface area contributed by atoms with Gasteiger partial charge in [-0.3, -0.25) is 4.79 Å². The molecule has 1 aliphatic rings. The normalized spacial score (nSPS) is 16.2. The third-order valence-electron chi connectivity index (χ3n) is 4.68. The zero-order valence-electron chi connectivity index (χ0n) is 14.6. The fourth-order valence-electron chi connectivity index (χ4n) is 3.10. The highest BCUT2D eigenvalue weighted by molar-refractivity contribution is 9.10. The van der Waals surface area contributed by atoms with Crippen molar-refractivity contribution in [2.75, 3.05) is 19.6 Å². The molecule has 0 atom stereocenters. The number of hydrogen-bond acceptors (Lipinski definition) is 3. The van der Waals surface area contributed by atoms with Gasteiger partial charge in [0, 0.05) is 24.1 Å². The van der Waals surface area contributed by atoms with Gasteiger partial charge in [0.1, 0.15) is 5.82 Å². The van der Waals surface area contributed by atoms with Crippen LogP contribution in [0.3, 0.4) is 0 Å². The third-order valence-corrected chi connectivity index (χ3v) is 7.28. The fourth-order valence-corrected chi connectivity index (χ4v) is 5.02. The molecule has 1 fully saturated rings. The number of carbonyl (C=O) groups excluding carboxylic acids is 1. The molecule has 2 aromatic carbocycles. The highest BCUT2D eigenvalue weighted by Crippen LogP contribution is 2.24. The molecule has 8 heteroatoms. The van der Waals surface area contributed by atoms with Gasteiger partial charge in [-0.05, 0) is 65.0 Å². The van der Waals surface area contributed by atoms with Crippen molar-refractivity contribution in [1.29, 1.82) is 0 Å². The van der Waals surface area contributed by atoms with E-state index in [0.717, 1.165) is 0 Å². The first-order chi connectivity index (χ1) is 12.9. The molecule has 1 amide bonds. The Hall–Kier alpha value is -1.77. The largest absolute Gasteiger partial charge is 0.352 e. The van der Waals surface area contributed by atoms with E-state index in [1.807, 2.05) is 0 Å². The highest BCUT2D eigenvalue weighted by atomic mass is 79.9. The Morgan fingerprint density at radius 2 is 1.81 bits per heavy atom. The van der Waals surface area contributed by atoms with E-state index in [4.69, 9.17) is 0 Å². The standard InChI is InChI=1S/C19H20BrFN2O3S/c20-18-7-6-15(21)12-17(18)19(24)22-13-14-8-10-23(11-9-14)27(25,26)16-4-2-1-3-5-16/h1-7,12,14H,8-11,13H2,(H,22,24). The maximum atomic E-state index is 13.3. The zero-order chi connectivity index (χ0) is 19.4. The van der Waals surface area contributed by atoms with Crippen molar-refractivity contribution >= 4 is 31.9 Å². The second kappa shape index (κ2) is 8.50. The number of benzene rings is 2. The monoisotopic (exact) mass is 454 g/mol. The molecule has 0 aromatic heterocycles. The minimum absolute atomic E-state index is 0.184. The van der Waals surface area contributed by atoms with Gasteiger partial charge < -0.3 is 5.32 Å². The summed E-state index contributed by atoms with van der Waals surface area (Å²) in [7, 11) is -3.47. The molecule has 0 spiro atoms. The van der Waals surface area contributed by atoms with Gasteiger partial charge in [-0.1, -0.05) is 18.2 Å². The van der Waals surface area contributed by atoms with Crippen LogP contribution in [0.4, 0.5) is 4.39 Å². The molecule has 1 N–H and O–H groups in total. The number of rotatable bonds is 5. The summed E-state index contributed by atoms with van der Waals surface area (Å²) in [6.45, 7) is 1.27. The van der Waals surface area contributed by atoms with E-state index in [9.17, 15) is 17.6 Å². The Bertz CT molecular complexity index is 914. The second-order valence-corrected chi connectivity index (χ2v) is 9.29. The van der Waals surface area contributed by atoms with Crippen molar-refractivity contribution in [2.45, 2.75) is 17.7 Å². The van der Waals surface area contributed by atoms with E-state index < -0.39 is 15.8 Å². The van der Waals surface area contributed by atoms with E-state index in [-0.39, 0.29) is 17.4 Å². The van der Waals surface area contributed by atoms with Crippen LogP contribution in [0.2, 0.25) is 0 Å². The van der Waals surface area contributed by atoms with Crippen molar-refractivity contribution < 1.29 is 17.6 Å². The summed E-state index contributed by atoms with van der Waals surface area (Å²) in [5, 5.41) is 2.82. The summed E-state index contributed by atoms with van der Waals surface area (Å²) in [5.41, 5.74) is 0.249. The molecule has 0 bridgehead atoms. The SMILES string of the molecule is O=C(NCC1CCN(S(=O)(=O)c2ccccc2)CC1)c1cc(F)ccc1Br. The molecular formula is C19H20BrFN2O3S. The van der Waals surface area contributed by atoms with Crippen molar-refractivity contribution in [3.05, 3.63) is 64.4 Å². The van der Waals surface area contributed by atoms with E-state index in [0.29, 0.717) is 41.8 Å². The summed E-state index contributed by atoms with van der Waals surface area (Å²) in [6.07, 6.45) is 1.33. The summed E-state index contributed by atoms with van der Waals surface area (Å²) in [5.74, 6) is -0.632. The molecular weight excluding hydrogens is 435 g/mol. The number of carbonyl (C=O) groups is 1. The van der Waals surface area contributed by atoms with Crippen LogP contribution >= 0.6 is 15.9 Å². The molecule has 5 nitrogen and oxygen atoms in total. The second-order valence-electron chi connectivity index (χ2n) is 6.49. The predicted molar refractivity (Wildman–Crippen MR) is 104 cm³/mol. The van der Waals surface area contributed by atoms with Crippen molar-refractivity contribution in [3.63, 3.8) is 0 Å². The lowest BCUT2D eigenvalue weighted by atomic mass is 9.98. The van der Waals surface area contributed by atoms with Gasteiger partial charge >= 0.3 is 0 Å². The number of nitrogens with zero attached hydrogens (tertiary/aromatic N) is 1. The molecule has 1 aliphatic heterocycles. The minimum atomic E-state index is -3.47. The summed E-state index contributed by atoms with van der Waals surface area (Å²) >= 11 is 3.25. The van der Waals surface area contributed by atoms with Gasteiger partial charge in [-0.2, -0.15) is 4.31 Å². The van der Waals surface area contributed by atoms with Crippen LogP contribution in [0, 0.1) is 11.7 Å². The van der Waals surface area contributed by atoms with E-state index in [1.54, 1.807) is 30.3 Å². The lowest BCUT2D eigenvalue weighted by molar-refractivity contribution is 0.0940. The minimum Gasteiger partial charge on any atom is -0.352 e.